The Morgan fingerprint density at radius 1 is 0.741 bits per heavy atom. The molecular weight excluding hydrogens is 334 g/mol. The second kappa shape index (κ2) is 10.2. The molecule has 1 amide bonds. The zero-order valence-electron chi connectivity index (χ0n) is 15.4. The van der Waals surface area contributed by atoms with Gasteiger partial charge < -0.3 is 4.90 Å². The Morgan fingerprint density at radius 2 is 1.26 bits per heavy atom. The number of hydrogen-bond donors (Lipinski definition) is 0. The average molecular weight is 359 g/mol. The van der Waals surface area contributed by atoms with Crippen LogP contribution >= 0.6 is 0 Å². The van der Waals surface area contributed by atoms with Gasteiger partial charge in [-0.1, -0.05) is 30.3 Å². The van der Waals surface area contributed by atoms with Crippen LogP contribution in [0.15, 0.2) is 79.4 Å². The third-order valence-corrected chi connectivity index (χ3v) is 4.84. The van der Waals surface area contributed by atoms with Crippen LogP contribution in [0, 0.1) is 0 Å². The van der Waals surface area contributed by atoms with Crippen LogP contribution in [-0.4, -0.2) is 27.3 Å². The SMILES string of the molecule is O=CN(Cc1ccccc1)C(CCc1ccncc1)CCc1ccncc1. The highest BCUT2D eigenvalue weighted by atomic mass is 16.1. The van der Waals surface area contributed by atoms with Gasteiger partial charge >= 0.3 is 0 Å². The van der Waals surface area contributed by atoms with Crippen molar-refractivity contribution in [2.24, 2.45) is 0 Å². The monoisotopic (exact) mass is 359 g/mol. The summed E-state index contributed by atoms with van der Waals surface area (Å²) in [7, 11) is 0. The number of hydrogen-bond acceptors (Lipinski definition) is 3. The van der Waals surface area contributed by atoms with Gasteiger partial charge in [0.2, 0.25) is 6.41 Å². The van der Waals surface area contributed by atoms with E-state index in [1.807, 2.05) is 72.2 Å². The van der Waals surface area contributed by atoms with Crippen molar-refractivity contribution in [1.82, 2.24) is 14.9 Å². The van der Waals surface area contributed by atoms with E-state index in [1.54, 1.807) is 0 Å². The fourth-order valence-corrected chi connectivity index (χ4v) is 3.29. The molecule has 0 saturated carbocycles. The molecule has 4 nitrogen and oxygen atoms in total. The summed E-state index contributed by atoms with van der Waals surface area (Å²) < 4.78 is 0. The zero-order chi connectivity index (χ0) is 18.7. The maximum Gasteiger partial charge on any atom is 0.210 e. The molecule has 27 heavy (non-hydrogen) atoms. The van der Waals surface area contributed by atoms with Crippen LogP contribution in [0.3, 0.4) is 0 Å². The minimum absolute atomic E-state index is 0.184. The third-order valence-electron chi connectivity index (χ3n) is 4.84. The standard InChI is InChI=1S/C23H25N3O/c27-19-26(18-22-4-2-1-3-5-22)23(8-6-20-10-14-24-15-11-20)9-7-21-12-16-25-17-13-21/h1-5,10-17,19,23H,6-9,18H2. The van der Waals surface area contributed by atoms with Crippen molar-refractivity contribution < 1.29 is 4.79 Å². The van der Waals surface area contributed by atoms with E-state index in [9.17, 15) is 4.79 Å². The predicted octanol–water partition coefficient (Wildman–Crippen LogP) is 4.07. The Balaban J connectivity index is 1.69. The van der Waals surface area contributed by atoms with E-state index in [0.717, 1.165) is 37.7 Å². The Labute approximate surface area is 160 Å². The lowest BCUT2D eigenvalue weighted by molar-refractivity contribution is -0.121. The molecule has 0 fully saturated rings. The summed E-state index contributed by atoms with van der Waals surface area (Å²) in [6, 6.07) is 18.5. The molecule has 0 aliphatic rings. The summed E-state index contributed by atoms with van der Waals surface area (Å²) in [5.41, 5.74) is 3.66. The predicted molar refractivity (Wildman–Crippen MR) is 107 cm³/mol. The summed E-state index contributed by atoms with van der Waals surface area (Å²) in [4.78, 5) is 22.0. The highest BCUT2D eigenvalue weighted by molar-refractivity contribution is 5.48. The van der Waals surface area contributed by atoms with E-state index in [2.05, 4.69) is 22.1 Å². The first-order chi connectivity index (χ1) is 13.3. The van der Waals surface area contributed by atoms with Crippen molar-refractivity contribution in [2.75, 3.05) is 0 Å². The van der Waals surface area contributed by atoms with Crippen LogP contribution in [0.1, 0.15) is 29.5 Å². The van der Waals surface area contributed by atoms with Crippen molar-refractivity contribution in [3.05, 3.63) is 96.1 Å². The molecule has 0 N–H and O–H groups in total. The lowest BCUT2D eigenvalue weighted by atomic mass is 9.98. The molecule has 3 rings (SSSR count). The topological polar surface area (TPSA) is 46.1 Å². The van der Waals surface area contributed by atoms with Gasteiger partial charge in [0, 0.05) is 37.4 Å². The van der Waals surface area contributed by atoms with E-state index in [4.69, 9.17) is 0 Å². The van der Waals surface area contributed by atoms with E-state index < -0.39 is 0 Å². The molecule has 0 aliphatic carbocycles. The number of pyridine rings is 2. The average Bonchev–Trinajstić information content (AvgIpc) is 2.75. The highest BCUT2D eigenvalue weighted by Gasteiger charge is 2.17. The number of nitrogens with zero attached hydrogens (tertiary/aromatic N) is 3. The van der Waals surface area contributed by atoms with E-state index in [-0.39, 0.29) is 6.04 Å². The fraction of sp³-hybridized carbons (Fsp3) is 0.261. The molecule has 0 aliphatic heterocycles. The normalized spacial score (nSPS) is 10.7. The Bertz CT molecular complexity index is 750. The second-order valence-corrected chi connectivity index (χ2v) is 6.71. The van der Waals surface area contributed by atoms with Crippen molar-refractivity contribution in [3.63, 3.8) is 0 Å². The number of aryl methyl sites for hydroxylation is 2. The molecule has 138 valence electrons. The van der Waals surface area contributed by atoms with Crippen LogP contribution in [-0.2, 0) is 24.2 Å². The first-order valence-corrected chi connectivity index (χ1v) is 9.38. The van der Waals surface area contributed by atoms with Crippen LogP contribution in [0.4, 0.5) is 0 Å². The first-order valence-electron chi connectivity index (χ1n) is 9.38. The molecule has 4 heteroatoms. The minimum Gasteiger partial charge on any atom is -0.338 e. The molecule has 0 atom stereocenters. The van der Waals surface area contributed by atoms with Crippen molar-refractivity contribution in [2.45, 2.75) is 38.3 Å². The molecule has 0 saturated heterocycles. The van der Waals surface area contributed by atoms with Gasteiger partial charge in [0.25, 0.3) is 0 Å². The molecule has 0 bridgehead atoms. The number of carbonyl (C=O) groups excluding carboxylic acids is 1. The van der Waals surface area contributed by atoms with E-state index >= 15 is 0 Å². The summed E-state index contributed by atoms with van der Waals surface area (Å²) in [6.07, 6.45) is 12.0. The first kappa shape index (κ1) is 18.8. The molecule has 0 radical (unpaired) electrons. The van der Waals surface area contributed by atoms with Gasteiger partial charge in [-0.25, -0.2) is 0 Å². The van der Waals surface area contributed by atoms with Crippen LogP contribution in [0.2, 0.25) is 0 Å². The summed E-state index contributed by atoms with van der Waals surface area (Å²) >= 11 is 0. The van der Waals surface area contributed by atoms with Crippen LogP contribution in [0.5, 0.6) is 0 Å². The molecular formula is C23H25N3O. The Kier molecular flexibility index (Phi) is 7.10. The lowest BCUT2D eigenvalue weighted by Gasteiger charge is -2.29. The number of rotatable bonds is 10. The third kappa shape index (κ3) is 6.03. The summed E-state index contributed by atoms with van der Waals surface area (Å²) in [6.45, 7) is 0.641. The molecule has 0 spiro atoms. The minimum atomic E-state index is 0.184. The number of amides is 1. The quantitative estimate of drug-likeness (QED) is 0.513. The summed E-state index contributed by atoms with van der Waals surface area (Å²) in [5.74, 6) is 0. The van der Waals surface area contributed by atoms with Gasteiger partial charge in [0.1, 0.15) is 0 Å². The van der Waals surface area contributed by atoms with Gasteiger partial charge in [-0.3, -0.25) is 14.8 Å². The maximum absolute atomic E-state index is 11.9. The molecule has 2 heterocycles. The summed E-state index contributed by atoms with van der Waals surface area (Å²) in [5, 5.41) is 0. The number of benzene rings is 1. The van der Waals surface area contributed by atoms with Crippen LogP contribution < -0.4 is 0 Å². The van der Waals surface area contributed by atoms with Crippen molar-refractivity contribution in [3.8, 4) is 0 Å². The smallest absolute Gasteiger partial charge is 0.210 e. The van der Waals surface area contributed by atoms with Crippen LogP contribution in [0.25, 0.3) is 0 Å². The number of carbonyl (C=O) groups is 1. The Morgan fingerprint density at radius 3 is 1.74 bits per heavy atom. The van der Waals surface area contributed by atoms with Gasteiger partial charge in [-0.05, 0) is 66.6 Å². The molecule has 2 aromatic heterocycles. The molecule has 0 unspecified atom stereocenters. The fourth-order valence-electron chi connectivity index (χ4n) is 3.29. The van der Waals surface area contributed by atoms with Gasteiger partial charge in [0.05, 0.1) is 0 Å². The molecule has 3 aromatic rings. The van der Waals surface area contributed by atoms with Crippen molar-refractivity contribution >= 4 is 6.41 Å². The zero-order valence-corrected chi connectivity index (χ0v) is 15.4. The van der Waals surface area contributed by atoms with E-state index in [0.29, 0.717) is 6.54 Å². The highest BCUT2D eigenvalue weighted by Crippen LogP contribution is 2.17. The van der Waals surface area contributed by atoms with E-state index in [1.165, 1.54) is 11.1 Å². The Hall–Kier alpha value is -3.01. The number of aromatic nitrogens is 2. The van der Waals surface area contributed by atoms with Crippen molar-refractivity contribution in [1.29, 1.82) is 0 Å². The molecule has 1 aromatic carbocycles. The van der Waals surface area contributed by atoms with Gasteiger partial charge in [0.15, 0.2) is 0 Å². The lowest BCUT2D eigenvalue weighted by Crippen LogP contribution is -2.34. The largest absolute Gasteiger partial charge is 0.338 e. The van der Waals surface area contributed by atoms with Gasteiger partial charge in [-0.15, -0.1) is 0 Å². The van der Waals surface area contributed by atoms with Gasteiger partial charge in [-0.2, -0.15) is 0 Å². The maximum atomic E-state index is 11.9. The second-order valence-electron chi connectivity index (χ2n) is 6.71.